The van der Waals surface area contributed by atoms with Crippen LogP contribution >= 0.6 is 0 Å². The quantitative estimate of drug-likeness (QED) is 0.446. The third kappa shape index (κ3) is 4.94. The Bertz CT molecular complexity index is 1070. The van der Waals surface area contributed by atoms with Crippen LogP contribution in [0.3, 0.4) is 0 Å². The summed E-state index contributed by atoms with van der Waals surface area (Å²) in [6.45, 7) is 2.43. The minimum Gasteiger partial charge on any atom is -1.00 e. The fraction of sp³-hybridized carbons (Fsp3) is 0.419. The molecule has 3 aromatic rings. The predicted octanol–water partition coefficient (Wildman–Crippen LogP) is 2.35. The van der Waals surface area contributed by atoms with Crippen molar-refractivity contribution < 1.29 is 27.5 Å². The fourth-order valence-corrected chi connectivity index (χ4v) is 7.81. The minimum atomic E-state index is 0. The minimum absolute atomic E-state index is 0. The third-order valence-electron chi connectivity index (χ3n) is 8.85. The Morgan fingerprint density at radius 1 is 0.686 bits per heavy atom. The molecule has 0 radical (unpaired) electrons. The van der Waals surface area contributed by atoms with Crippen molar-refractivity contribution >= 4 is 0 Å². The Kier molecular flexibility index (Phi) is 6.83. The fourth-order valence-electron chi connectivity index (χ4n) is 7.81. The van der Waals surface area contributed by atoms with Gasteiger partial charge in [-0.05, 0) is 79.4 Å². The first-order valence-corrected chi connectivity index (χ1v) is 13.0. The second kappa shape index (κ2) is 9.87. The van der Waals surface area contributed by atoms with Gasteiger partial charge in [0.2, 0.25) is 0 Å². The molecule has 4 bridgehead atoms. The molecule has 184 valence electrons. The van der Waals surface area contributed by atoms with Crippen molar-refractivity contribution in [1.29, 1.82) is 0 Å². The second-order valence-electron chi connectivity index (χ2n) is 11.5. The molecule has 3 nitrogen and oxygen atoms in total. The number of hydrogen-bond donors (Lipinski definition) is 3. The van der Waals surface area contributed by atoms with Crippen LogP contribution in [-0.2, 0) is 25.0 Å². The summed E-state index contributed by atoms with van der Waals surface area (Å²) in [7, 11) is 0. The number of hydrogen-bond acceptors (Lipinski definition) is 2. The molecule has 0 aromatic heterocycles. The third-order valence-corrected chi connectivity index (χ3v) is 8.85. The molecule has 0 spiro atoms. The summed E-state index contributed by atoms with van der Waals surface area (Å²) in [5, 5.41) is 21.7. The number of nitrogens with one attached hydrogen (secondary N) is 1. The highest BCUT2D eigenvalue weighted by Crippen LogP contribution is 2.61. The van der Waals surface area contributed by atoms with Gasteiger partial charge in [0.1, 0.15) is 19.6 Å². The summed E-state index contributed by atoms with van der Waals surface area (Å²) in [6.07, 6.45) is 7.99. The first-order valence-electron chi connectivity index (χ1n) is 13.0. The number of benzene rings is 3. The van der Waals surface area contributed by atoms with E-state index in [0.717, 1.165) is 36.4 Å². The monoisotopic (exact) mass is 489 g/mol. The van der Waals surface area contributed by atoms with Crippen molar-refractivity contribution in [3.8, 4) is 11.5 Å². The summed E-state index contributed by atoms with van der Waals surface area (Å²) in [6, 6.07) is 25.3. The first kappa shape index (κ1) is 24.2. The van der Waals surface area contributed by atoms with E-state index in [1.807, 2.05) is 6.07 Å². The normalized spacial score (nSPS) is 26.6. The molecule has 0 unspecified atom stereocenters. The van der Waals surface area contributed by atoms with Crippen molar-refractivity contribution in [3.05, 3.63) is 95.1 Å². The predicted molar refractivity (Wildman–Crippen MR) is 135 cm³/mol. The summed E-state index contributed by atoms with van der Waals surface area (Å²) in [5.41, 5.74) is 4.93. The van der Waals surface area contributed by atoms with Crippen molar-refractivity contribution in [2.45, 2.75) is 63.6 Å². The zero-order valence-electron chi connectivity index (χ0n) is 20.3. The lowest BCUT2D eigenvalue weighted by Gasteiger charge is -2.57. The lowest BCUT2D eigenvalue weighted by atomic mass is 9.48. The average Bonchev–Trinajstić information content (AvgIpc) is 2.82. The summed E-state index contributed by atoms with van der Waals surface area (Å²) < 4.78 is 0. The molecular weight excluding hydrogens is 454 g/mol. The molecule has 0 amide bonds. The summed E-state index contributed by atoms with van der Waals surface area (Å²) >= 11 is 0. The molecule has 4 fully saturated rings. The Morgan fingerprint density at radius 2 is 1.17 bits per heavy atom. The number of phenolic OH excluding ortho intramolecular Hbond substituents is 2. The zero-order valence-corrected chi connectivity index (χ0v) is 21.1. The standard InChI is InChI=1S/C31H35NO2.ClH/c33-29-15-28(31-16-24-11-25(17-31)13-26(12-24)18-31)14-27(30(29)34)21-32(19-22-7-3-1-4-8-22)20-23-9-5-2-6-10-23;/h1-10,14-15,24-26,33-34H,11-13,16-21H2;1H. The summed E-state index contributed by atoms with van der Waals surface area (Å²) in [4.78, 5) is 1.36. The maximum Gasteiger partial charge on any atom is 0.166 e. The Morgan fingerprint density at radius 3 is 1.66 bits per heavy atom. The molecule has 7 rings (SSSR count). The molecule has 4 saturated carbocycles. The van der Waals surface area contributed by atoms with E-state index in [2.05, 4.69) is 66.7 Å². The van der Waals surface area contributed by atoms with Gasteiger partial charge in [0, 0.05) is 11.1 Å². The van der Waals surface area contributed by atoms with E-state index < -0.39 is 0 Å². The average molecular weight is 490 g/mol. The van der Waals surface area contributed by atoms with Gasteiger partial charge >= 0.3 is 0 Å². The van der Waals surface area contributed by atoms with Crippen LogP contribution in [0.15, 0.2) is 72.8 Å². The van der Waals surface area contributed by atoms with Crippen LogP contribution in [0, 0.1) is 17.8 Å². The van der Waals surface area contributed by atoms with E-state index in [0.29, 0.717) is 6.54 Å². The molecule has 0 heterocycles. The molecule has 4 aliphatic carbocycles. The lowest BCUT2D eigenvalue weighted by molar-refractivity contribution is -0.941. The van der Waals surface area contributed by atoms with E-state index in [1.165, 1.54) is 60.1 Å². The molecule has 35 heavy (non-hydrogen) atoms. The van der Waals surface area contributed by atoms with Crippen LogP contribution in [0.2, 0.25) is 0 Å². The Balaban J connectivity index is 0.00000253. The maximum atomic E-state index is 10.9. The van der Waals surface area contributed by atoms with Gasteiger partial charge in [0.15, 0.2) is 11.5 Å². The number of aromatic hydroxyl groups is 2. The highest BCUT2D eigenvalue weighted by Gasteiger charge is 2.51. The Labute approximate surface area is 215 Å². The Hall–Kier alpha value is -2.49. The van der Waals surface area contributed by atoms with Gasteiger partial charge in [-0.25, -0.2) is 0 Å². The number of halogens is 1. The van der Waals surface area contributed by atoms with Gasteiger partial charge in [0.25, 0.3) is 0 Å². The molecule has 0 aliphatic heterocycles. The van der Waals surface area contributed by atoms with E-state index >= 15 is 0 Å². The number of phenols is 2. The van der Waals surface area contributed by atoms with Crippen LogP contribution in [0.1, 0.15) is 60.8 Å². The van der Waals surface area contributed by atoms with E-state index in [-0.39, 0.29) is 29.3 Å². The zero-order chi connectivity index (χ0) is 23.1. The van der Waals surface area contributed by atoms with Crippen molar-refractivity contribution in [2.75, 3.05) is 0 Å². The molecule has 3 N–H and O–H groups in total. The lowest BCUT2D eigenvalue weighted by Crippen LogP contribution is -3.08. The van der Waals surface area contributed by atoms with Crippen molar-refractivity contribution in [2.24, 2.45) is 17.8 Å². The number of rotatable bonds is 7. The molecular formula is C31H36ClNO2. The largest absolute Gasteiger partial charge is 1.00 e. The van der Waals surface area contributed by atoms with E-state index in [9.17, 15) is 10.2 Å². The molecule has 3 aromatic carbocycles. The van der Waals surface area contributed by atoms with Gasteiger partial charge in [-0.2, -0.15) is 0 Å². The molecule has 0 saturated heterocycles. The van der Waals surface area contributed by atoms with Gasteiger partial charge in [-0.3, -0.25) is 0 Å². The van der Waals surface area contributed by atoms with Crippen LogP contribution < -0.4 is 17.3 Å². The highest BCUT2D eigenvalue weighted by molar-refractivity contribution is 5.50. The maximum absolute atomic E-state index is 10.9. The SMILES string of the molecule is Oc1cc(C23CC4CC(CC(C4)C2)C3)cc(C[NH+](Cc2ccccc2)Cc2ccccc2)c1O.[Cl-]. The van der Waals surface area contributed by atoms with Gasteiger partial charge in [0.05, 0.1) is 5.56 Å². The van der Waals surface area contributed by atoms with Gasteiger partial charge < -0.3 is 27.5 Å². The van der Waals surface area contributed by atoms with Crippen LogP contribution in [0.5, 0.6) is 11.5 Å². The smallest absolute Gasteiger partial charge is 0.166 e. The van der Waals surface area contributed by atoms with Crippen LogP contribution in [0.4, 0.5) is 0 Å². The van der Waals surface area contributed by atoms with Crippen LogP contribution in [-0.4, -0.2) is 10.2 Å². The molecule has 0 atom stereocenters. The summed E-state index contributed by atoms with van der Waals surface area (Å²) in [5.74, 6) is 2.67. The first-order chi connectivity index (χ1) is 16.6. The van der Waals surface area contributed by atoms with E-state index in [1.54, 1.807) is 0 Å². The van der Waals surface area contributed by atoms with Crippen molar-refractivity contribution in [3.63, 3.8) is 0 Å². The van der Waals surface area contributed by atoms with E-state index in [4.69, 9.17) is 0 Å². The molecule has 4 aliphatic rings. The highest BCUT2D eigenvalue weighted by atomic mass is 35.5. The van der Waals surface area contributed by atoms with Crippen molar-refractivity contribution in [1.82, 2.24) is 0 Å². The number of quaternary nitrogens is 1. The van der Waals surface area contributed by atoms with Gasteiger partial charge in [-0.15, -0.1) is 0 Å². The second-order valence-corrected chi connectivity index (χ2v) is 11.5. The topological polar surface area (TPSA) is 44.9 Å². The van der Waals surface area contributed by atoms with Gasteiger partial charge in [-0.1, -0.05) is 60.7 Å². The molecule has 4 heteroatoms. The van der Waals surface area contributed by atoms with Crippen LogP contribution in [0.25, 0.3) is 0 Å².